The van der Waals surface area contributed by atoms with E-state index in [2.05, 4.69) is 0 Å². The Balaban J connectivity index is 2.33. The minimum absolute atomic E-state index is 0.486. The first-order chi connectivity index (χ1) is 7.24. The molecular weight excluding hydrogens is 235 g/mol. The van der Waals surface area contributed by atoms with Gasteiger partial charge in [0.2, 0.25) is 0 Å². The summed E-state index contributed by atoms with van der Waals surface area (Å²) < 4.78 is 10.6. The predicted octanol–water partition coefficient (Wildman–Crippen LogP) is 3.28. The van der Waals surface area contributed by atoms with E-state index in [1.165, 1.54) is 0 Å². The van der Waals surface area contributed by atoms with Crippen LogP contribution in [0.3, 0.4) is 0 Å². The average Bonchev–Trinajstić information content (AvgIpc) is 2.23. The van der Waals surface area contributed by atoms with Gasteiger partial charge in [-0.15, -0.1) is 11.6 Å². The maximum Gasteiger partial charge on any atom is 0.138 e. The molecule has 15 heavy (non-hydrogen) atoms. The molecule has 0 radical (unpaired) electrons. The van der Waals surface area contributed by atoms with E-state index < -0.39 is 0 Å². The van der Waals surface area contributed by atoms with Gasteiger partial charge in [-0.2, -0.15) is 0 Å². The Morgan fingerprint density at radius 3 is 2.73 bits per heavy atom. The molecule has 0 aliphatic rings. The van der Waals surface area contributed by atoms with Gasteiger partial charge >= 0.3 is 0 Å². The smallest absolute Gasteiger partial charge is 0.138 e. The van der Waals surface area contributed by atoms with Crippen molar-refractivity contribution in [2.24, 2.45) is 0 Å². The summed E-state index contributed by atoms with van der Waals surface area (Å²) in [5, 5.41) is 0.623. The van der Waals surface area contributed by atoms with Gasteiger partial charge in [-0.3, -0.25) is 0 Å². The highest BCUT2D eigenvalue weighted by Crippen LogP contribution is 2.24. The zero-order valence-electron chi connectivity index (χ0n) is 8.63. The summed E-state index contributed by atoms with van der Waals surface area (Å²) in [6.07, 6.45) is 0. The third kappa shape index (κ3) is 4.74. The fraction of sp³-hybridized carbons (Fsp3) is 0.455. The Hall–Kier alpha value is -0.440. The molecule has 1 aromatic carbocycles. The number of benzene rings is 1. The molecule has 0 unspecified atom stereocenters. The van der Waals surface area contributed by atoms with Crippen molar-refractivity contribution in [3.63, 3.8) is 0 Å². The fourth-order valence-corrected chi connectivity index (χ4v) is 1.37. The Morgan fingerprint density at radius 2 is 2.00 bits per heavy atom. The van der Waals surface area contributed by atoms with Crippen molar-refractivity contribution in [1.29, 1.82) is 0 Å². The van der Waals surface area contributed by atoms with Crippen molar-refractivity contribution >= 4 is 23.2 Å². The number of aryl methyl sites for hydroxylation is 1. The molecule has 1 aromatic rings. The van der Waals surface area contributed by atoms with Gasteiger partial charge in [-0.05, 0) is 24.6 Å². The van der Waals surface area contributed by atoms with Gasteiger partial charge in [-0.1, -0.05) is 17.7 Å². The monoisotopic (exact) mass is 248 g/mol. The lowest BCUT2D eigenvalue weighted by atomic mass is 10.2. The lowest BCUT2D eigenvalue weighted by molar-refractivity contribution is 0.111. The van der Waals surface area contributed by atoms with E-state index in [4.69, 9.17) is 32.7 Å². The van der Waals surface area contributed by atoms with E-state index in [0.29, 0.717) is 36.5 Å². The molecule has 0 atom stereocenters. The van der Waals surface area contributed by atoms with Crippen molar-refractivity contribution in [3.05, 3.63) is 28.8 Å². The SMILES string of the molecule is Cc1ccc(Cl)c(OCCOCCCl)c1. The largest absolute Gasteiger partial charge is 0.490 e. The van der Waals surface area contributed by atoms with Crippen LogP contribution in [0.2, 0.25) is 5.02 Å². The first kappa shape index (κ1) is 12.6. The number of ether oxygens (including phenoxy) is 2. The van der Waals surface area contributed by atoms with Gasteiger partial charge in [0, 0.05) is 5.88 Å². The molecular formula is C11H14Cl2O2. The standard InChI is InChI=1S/C11H14Cl2O2/c1-9-2-3-10(13)11(8-9)15-7-6-14-5-4-12/h2-3,8H,4-7H2,1H3. The third-order valence-corrected chi connectivity index (χ3v) is 2.26. The van der Waals surface area contributed by atoms with E-state index in [1.54, 1.807) is 0 Å². The zero-order chi connectivity index (χ0) is 11.1. The van der Waals surface area contributed by atoms with E-state index in [9.17, 15) is 0 Å². The highest BCUT2D eigenvalue weighted by Gasteiger charge is 2.00. The second kappa shape index (κ2) is 6.94. The van der Waals surface area contributed by atoms with Crippen LogP contribution in [0.25, 0.3) is 0 Å². The van der Waals surface area contributed by atoms with Crippen molar-refractivity contribution in [2.75, 3.05) is 25.7 Å². The maximum atomic E-state index is 5.95. The zero-order valence-corrected chi connectivity index (χ0v) is 10.1. The number of alkyl halides is 1. The Morgan fingerprint density at radius 1 is 1.20 bits per heavy atom. The molecule has 0 spiro atoms. The van der Waals surface area contributed by atoms with Crippen LogP contribution in [0, 0.1) is 6.92 Å². The van der Waals surface area contributed by atoms with Gasteiger partial charge in [0.25, 0.3) is 0 Å². The van der Waals surface area contributed by atoms with Crippen LogP contribution in [0.5, 0.6) is 5.75 Å². The normalized spacial score (nSPS) is 10.3. The molecule has 0 fully saturated rings. The fourth-order valence-electron chi connectivity index (χ4n) is 1.09. The second-order valence-electron chi connectivity index (χ2n) is 3.08. The van der Waals surface area contributed by atoms with Crippen LogP contribution in [0.1, 0.15) is 5.56 Å². The number of halogens is 2. The van der Waals surface area contributed by atoms with Crippen LogP contribution in [-0.2, 0) is 4.74 Å². The topological polar surface area (TPSA) is 18.5 Å². The van der Waals surface area contributed by atoms with Crippen LogP contribution in [-0.4, -0.2) is 25.7 Å². The minimum Gasteiger partial charge on any atom is -0.490 e. The van der Waals surface area contributed by atoms with Crippen molar-refractivity contribution < 1.29 is 9.47 Å². The predicted molar refractivity (Wildman–Crippen MR) is 63.2 cm³/mol. The lowest BCUT2D eigenvalue weighted by Gasteiger charge is -2.08. The van der Waals surface area contributed by atoms with Gasteiger partial charge in [0.05, 0.1) is 18.2 Å². The summed E-state index contributed by atoms with van der Waals surface area (Å²) in [6.45, 7) is 3.55. The quantitative estimate of drug-likeness (QED) is 0.569. The number of hydrogen-bond donors (Lipinski definition) is 0. The van der Waals surface area contributed by atoms with Crippen molar-refractivity contribution in [3.8, 4) is 5.75 Å². The van der Waals surface area contributed by atoms with E-state index in [0.717, 1.165) is 5.56 Å². The molecule has 0 saturated heterocycles. The lowest BCUT2D eigenvalue weighted by Crippen LogP contribution is -2.08. The number of hydrogen-bond acceptors (Lipinski definition) is 2. The highest BCUT2D eigenvalue weighted by atomic mass is 35.5. The maximum absolute atomic E-state index is 5.95. The third-order valence-electron chi connectivity index (χ3n) is 1.79. The molecule has 0 N–H and O–H groups in total. The summed E-state index contributed by atoms with van der Waals surface area (Å²) in [6, 6.07) is 5.68. The first-order valence-electron chi connectivity index (χ1n) is 4.76. The molecule has 2 nitrogen and oxygen atoms in total. The molecule has 0 aliphatic carbocycles. The van der Waals surface area contributed by atoms with Crippen LogP contribution in [0.4, 0.5) is 0 Å². The Labute approximate surface area is 100 Å². The summed E-state index contributed by atoms with van der Waals surface area (Å²) in [5.41, 5.74) is 1.12. The van der Waals surface area contributed by atoms with Gasteiger partial charge in [-0.25, -0.2) is 0 Å². The van der Waals surface area contributed by atoms with Gasteiger partial charge in [0.15, 0.2) is 0 Å². The highest BCUT2D eigenvalue weighted by molar-refractivity contribution is 6.32. The number of rotatable bonds is 6. The Kier molecular flexibility index (Phi) is 5.84. The Bertz CT molecular complexity index is 303. The molecule has 0 bridgehead atoms. The average molecular weight is 249 g/mol. The summed E-state index contributed by atoms with van der Waals surface area (Å²) >= 11 is 11.4. The van der Waals surface area contributed by atoms with Crippen molar-refractivity contribution in [1.82, 2.24) is 0 Å². The molecule has 0 saturated carbocycles. The van der Waals surface area contributed by atoms with Gasteiger partial charge in [0.1, 0.15) is 12.4 Å². The summed E-state index contributed by atoms with van der Waals surface area (Å²) in [4.78, 5) is 0. The van der Waals surface area contributed by atoms with Crippen LogP contribution >= 0.6 is 23.2 Å². The second-order valence-corrected chi connectivity index (χ2v) is 3.87. The molecule has 0 amide bonds. The van der Waals surface area contributed by atoms with E-state index in [-0.39, 0.29) is 0 Å². The van der Waals surface area contributed by atoms with Gasteiger partial charge < -0.3 is 9.47 Å². The van der Waals surface area contributed by atoms with Crippen LogP contribution in [0.15, 0.2) is 18.2 Å². The van der Waals surface area contributed by atoms with Crippen LogP contribution < -0.4 is 4.74 Å². The molecule has 0 aliphatic heterocycles. The molecule has 0 heterocycles. The minimum atomic E-state index is 0.486. The van der Waals surface area contributed by atoms with E-state index >= 15 is 0 Å². The van der Waals surface area contributed by atoms with E-state index in [1.807, 2.05) is 25.1 Å². The molecule has 1 rings (SSSR count). The molecule has 4 heteroatoms. The molecule has 0 aromatic heterocycles. The molecule has 84 valence electrons. The first-order valence-corrected chi connectivity index (χ1v) is 5.68. The summed E-state index contributed by atoms with van der Waals surface area (Å²) in [5.74, 6) is 1.21. The van der Waals surface area contributed by atoms with Crippen molar-refractivity contribution in [2.45, 2.75) is 6.92 Å². The summed E-state index contributed by atoms with van der Waals surface area (Å²) in [7, 11) is 0.